The van der Waals surface area contributed by atoms with Gasteiger partial charge in [0.1, 0.15) is 0 Å². The summed E-state index contributed by atoms with van der Waals surface area (Å²) < 4.78 is 35.2. The van der Waals surface area contributed by atoms with Crippen molar-refractivity contribution in [1.82, 2.24) is 0 Å². The minimum absolute atomic E-state index is 0.0844. The summed E-state index contributed by atoms with van der Waals surface area (Å²) in [6.45, 7) is 1.41. The zero-order valence-electron chi connectivity index (χ0n) is 5.50. The van der Waals surface area contributed by atoms with Crippen LogP contribution in [0.5, 0.6) is 0 Å². The number of alkyl halides is 3. The van der Waals surface area contributed by atoms with Gasteiger partial charge in [0.25, 0.3) is 0 Å². The molecule has 0 aliphatic rings. The largest absolute Gasteiger partial charge is 0.412 e. The third-order valence-electron chi connectivity index (χ3n) is 1.03. The maximum absolute atomic E-state index is 11.7. The van der Waals surface area contributed by atoms with E-state index in [1.165, 1.54) is 6.92 Å². The summed E-state index contributed by atoms with van der Waals surface area (Å²) in [6, 6.07) is 0. The third-order valence-corrected chi connectivity index (χ3v) is 1.03. The van der Waals surface area contributed by atoms with Crippen LogP contribution in [0.4, 0.5) is 13.2 Å². The average molecular weight is 151 g/mol. The summed E-state index contributed by atoms with van der Waals surface area (Å²) in [6.07, 6.45) is -2.95. The van der Waals surface area contributed by atoms with E-state index in [2.05, 4.69) is 0 Å². The van der Waals surface area contributed by atoms with Crippen LogP contribution in [0, 0.1) is 5.41 Å². The summed E-state index contributed by atoms with van der Waals surface area (Å²) in [4.78, 5) is 0. The van der Waals surface area contributed by atoms with Gasteiger partial charge in [-0.3, -0.25) is 0 Å². The molecule has 58 valence electrons. The highest BCUT2D eigenvalue weighted by molar-refractivity contribution is 5.69. The molecule has 0 aliphatic heterocycles. The second kappa shape index (κ2) is 3.39. The van der Waals surface area contributed by atoms with Crippen LogP contribution in [-0.4, -0.2) is 12.4 Å². The summed E-state index contributed by atoms with van der Waals surface area (Å²) in [7, 11) is 0. The van der Waals surface area contributed by atoms with E-state index in [1.54, 1.807) is 0 Å². The van der Waals surface area contributed by atoms with Gasteiger partial charge in [-0.25, -0.2) is 0 Å². The summed E-state index contributed by atoms with van der Waals surface area (Å²) in [5, 5.41) is 6.42. The zero-order valence-corrected chi connectivity index (χ0v) is 5.50. The molecule has 0 bridgehead atoms. The quantitative estimate of drug-likeness (QED) is 0.586. The molecule has 0 heterocycles. The van der Waals surface area contributed by atoms with Gasteiger partial charge in [-0.15, -0.1) is 0 Å². The molecule has 0 unspecified atom stereocenters. The van der Waals surface area contributed by atoms with Gasteiger partial charge in [-0.05, 0) is 12.5 Å². The van der Waals surface area contributed by atoms with E-state index in [0.29, 0.717) is 6.21 Å². The number of halogens is 3. The molecule has 0 aromatic heterocycles. The SMILES string of the molecule is CC/C(=C\C=N)C(F)(F)F. The minimum atomic E-state index is -4.27. The standard InChI is InChI=1S/C6H8F3N/c1-2-5(3-4-10)6(7,8)9/h3-4,10H,2H2,1H3/b5-3+,10-4?. The summed E-state index contributed by atoms with van der Waals surface area (Å²) in [5.74, 6) is 0. The Morgan fingerprint density at radius 3 is 2.10 bits per heavy atom. The lowest BCUT2D eigenvalue weighted by Gasteiger charge is -2.06. The Balaban J connectivity index is 4.35. The second-order valence-electron chi connectivity index (χ2n) is 1.71. The van der Waals surface area contributed by atoms with Crippen LogP contribution in [0.3, 0.4) is 0 Å². The Kier molecular flexibility index (Phi) is 3.12. The number of nitrogens with one attached hydrogen (secondary N) is 1. The first-order chi connectivity index (χ1) is 4.52. The Morgan fingerprint density at radius 2 is 2.00 bits per heavy atom. The molecule has 0 rings (SSSR count). The van der Waals surface area contributed by atoms with Crippen molar-refractivity contribution in [3.8, 4) is 0 Å². The minimum Gasteiger partial charge on any atom is -0.309 e. The highest BCUT2D eigenvalue weighted by Crippen LogP contribution is 2.26. The van der Waals surface area contributed by atoms with Gasteiger partial charge < -0.3 is 5.41 Å². The monoisotopic (exact) mass is 151 g/mol. The van der Waals surface area contributed by atoms with Crippen LogP contribution < -0.4 is 0 Å². The van der Waals surface area contributed by atoms with Crippen LogP contribution in [0.1, 0.15) is 13.3 Å². The fourth-order valence-corrected chi connectivity index (χ4v) is 0.513. The number of allylic oxidation sites excluding steroid dienone is 2. The third kappa shape index (κ3) is 2.66. The smallest absolute Gasteiger partial charge is 0.309 e. The van der Waals surface area contributed by atoms with Gasteiger partial charge in [-0.1, -0.05) is 6.92 Å². The summed E-state index contributed by atoms with van der Waals surface area (Å²) >= 11 is 0. The Hall–Kier alpha value is -0.800. The van der Waals surface area contributed by atoms with Crippen LogP contribution in [0.15, 0.2) is 11.6 Å². The predicted octanol–water partition coefficient (Wildman–Crippen LogP) is 2.53. The molecule has 10 heavy (non-hydrogen) atoms. The first kappa shape index (κ1) is 9.20. The van der Waals surface area contributed by atoms with Gasteiger partial charge in [-0.2, -0.15) is 13.2 Å². The van der Waals surface area contributed by atoms with Crippen molar-refractivity contribution in [2.24, 2.45) is 0 Å². The highest BCUT2D eigenvalue weighted by Gasteiger charge is 2.31. The van der Waals surface area contributed by atoms with Crippen LogP contribution in [0.2, 0.25) is 0 Å². The average Bonchev–Trinajstić information content (AvgIpc) is 1.80. The van der Waals surface area contributed by atoms with E-state index >= 15 is 0 Å². The Labute approximate surface area is 57.1 Å². The molecule has 0 aromatic carbocycles. The normalized spacial score (nSPS) is 13.4. The zero-order chi connectivity index (χ0) is 8.20. The molecule has 1 nitrogen and oxygen atoms in total. The maximum atomic E-state index is 11.7. The second-order valence-corrected chi connectivity index (χ2v) is 1.71. The van der Waals surface area contributed by atoms with E-state index < -0.39 is 11.7 Å². The molecule has 4 heteroatoms. The van der Waals surface area contributed by atoms with Gasteiger partial charge in [0.2, 0.25) is 0 Å². The van der Waals surface area contributed by atoms with E-state index in [4.69, 9.17) is 5.41 Å². The molecule has 0 spiro atoms. The number of hydrogen-bond donors (Lipinski definition) is 1. The molecule has 0 radical (unpaired) electrons. The van der Waals surface area contributed by atoms with Crippen molar-refractivity contribution in [2.45, 2.75) is 19.5 Å². The van der Waals surface area contributed by atoms with E-state index in [-0.39, 0.29) is 6.42 Å². The van der Waals surface area contributed by atoms with Gasteiger partial charge in [0, 0.05) is 11.8 Å². The molecule has 0 saturated heterocycles. The Morgan fingerprint density at radius 1 is 1.50 bits per heavy atom. The fraction of sp³-hybridized carbons (Fsp3) is 0.500. The maximum Gasteiger partial charge on any atom is 0.412 e. The molecule has 0 saturated carbocycles. The van der Waals surface area contributed by atoms with Crippen molar-refractivity contribution in [1.29, 1.82) is 5.41 Å². The van der Waals surface area contributed by atoms with Crippen molar-refractivity contribution < 1.29 is 13.2 Å². The van der Waals surface area contributed by atoms with E-state index in [0.717, 1.165) is 6.08 Å². The lowest BCUT2D eigenvalue weighted by atomic mass is 10.2. The Bertz CT molecular complexity index is 146. The van der Waals surface area contributed by atoms with Crippen molar-refractivity contribution in [3.05, 3.63) is 11.6 Å². The molecule has 0 aromatic rings. The van der Waals surface area contributed by atoms with Crippen molar-refractivity contribution >= 4 is 6.21 Å². The lowest BCUT2D eigenvalue weighted by molar-refractivity contribution is -0.0933. The van der Waals surface area contributed by atoms with Crippen LogP contribution >= 0.6 is 0 Å². The van der Waals surface area contributed by atoms with Crippen molar-refractivity contribution in [2.75, 3.05) is 0 Å². The topological polar surface area (TPSA) is 23.9 Å². The lowest BCUT2D eigenvalue weighted by Crippen LogP contribution is -2.10. The molecule has 0 aliphatic carbocycles. The van der Waals surface area contributed by atoms with Gasteiger partial charge in [0.15, 0.2) is 0 Å². The summed E-state index contributed by atoms with van der Waals surface area (Å²) in [5.41, 5.74) is -0.664. The first-order valence-electron chi connectivity index (χ1n) is 2.79. The molecule has 0 atom stereocenters. The van der Waals surface area contributed by atoms with Gasteiger partial charge >= 0.3 is 6.18 Å². The van der Waals surface area contributed by atoms with Crippen LogP contribution in [-0.2, 0) is 0 Å². The fourth-order valence-electron chi connectivity index (χ4n) is 0.513. The first-order valence-corrected chi connectivity index (χ1v) is 2.79. The molecule has 0 amide bonds. The molecule has 1 N–H and O–H groups in total. The number of rotatable bonds is 2. The molecular formula is C6H8F3N. The molecule has 0 fully saturated rings. The van der Waals surface area contributed by atoms with E-state index in [9.17, 15) is 13.2 Å². The van der Waals surface area contributed by atoms with E-state index in [1.807, 2.05) is 0 Å². The van der Waals surface area contributed by atoms with Crippen LogP contribution in [0.25, 0.3) is 0 Å². The number of hydrogen-bond acceptors (Lipinski definition) is 1. The molecular weight excluding hydrogens is 143 g/mol. The predicted molar refractivity (Wildman–Crippen MR) is 33.2 cm³/mol. The van der Waals surface area contributed by atoms with Crippen molar-refractivity contribution in [3.63, 3.8) is 0 Å². The highest BCUT2D eigenvalue weighted by atomic mass is 19.4. The van der Waals surface area contributed by atoms with Gasteiger partial charge in [0.05, 0.1) is 0 Å².